The lowest BCUT2D eigenvalue weighted by atomic mass is 10.1. The lowest BCUT2D eigenvalue weighted by molar-refractivity contribution is 0.0904. The van der Waals surface area contributed by atoms with E-state index in [1.807, 2.05) is 44.3 Å². The number of para-hydroxylation sites is 1. The number of aliphatic imine (C=N–C) groups is 1. The molecule has 30 heavy (non-hydrogen) atoms. The number of fused-ring (bicyclic) bond motifs is 1. The van der Waals surface area contributed by atoms with Crippen LogP contribution in [0.15, 0.2) is 41.5 Å². The van der Waals surface area contributed by atoms with Gasteiger partial charge in [-0.25, -0.2) is 8.42 Å². The number of ether oxygens (including phenoxy) is 1. The van der Waals surface area contributed by atoms with Gasteiger partial charge in [-0.2, -0.15) is 4.31 Å². The van der Waals surface area contributed by atoms with E-state index in [9.17, 15) is 8.42 Å². The lowest BCUT2D eigenvalue weighted by Gasteiger charge is -2.35. The zero-order valence-electron chi connectivity index (χ0n) is 17.9. The molecule has 1 saturated heterocycles. The Balaban J connectivity index is 1.55. The fourth-order valence-electron chi connectivity index (χ4n) is 3.51. The SMILES string of the molecule is CN=C(NCc1ccnc2ccccc12)N1CCN(S(=O)(=O)CCOC(C)C)CC1. The maximum atomic E-state index is 12.5. The number of nitrogens with zero attached hydrogens (tertiary/aromatic N) is 4. The number of guanidine groups is 1. The molecule has 9 heteroatoms. The first-order valence-corrected chi connectivity index (χ1v) is 11.9. The van der Waals surface area contributed by atoms with Crippen molar-refractivity contribution in [2.45, 2.75) is 26.5 Å². The van der Waals surface area contributed by atoms with Gasteiger partial charge >= 0.3 is 0 Å². The molecule has 0 radical (unpaired) electrons. The number of piperazine rings is 1. The van der Waals surface area contributed by atoms with Crippen LogP contribution in [0.5, 0.6) is 0 Å². The van der Waals surface area contributed by atoms with Gasteiger partial charge in [0.2, 0.25) is 10.0 Å². The van der Waals surface area contributed by atoms with Gasteiger partial charge in [0, 0.05) is 51.4 Å². The molecule has 0 spiro atoms. The molecule has 0 aliphatic carbocycles. The first-order valence-electron chi connectivity index (χ1n) is 10.3. The molecule has 0 bridgehead atoms. The first kappa shape index (κ1) is 22.5. The van der Waals surface area contributed by atoms with Gasteiger partial charge in [-0.1, -0.05) is 18.2 Å². The second kappa shape index (κ2) is 10.2. The van der Waals surface area contributed by atoms with Crippen molar-refractivity contribution in [3.8, 4) is 0 Å². The van der Waals surface area contributed by atoms with Crippen LogP contribution in [0.2, 0.25) is 0 Å². The predicted molar refractivity (Wildman–Crippen MR) is 120 cm³/mol. The lowest BCUT2D eigenvalue weighted by Crippen LogP contribution is -2.54. The van der Waals surface area contributed by atoms with Crippen molar-refractivity contribution in [3.63, 3.8) is 0 Å². The van der Waals surface area contributed by atoms with Crippen LogP contribution in [0.4, 0.5) is 0 Å². The Morgan fingerprint density at radius 2 is 1.93 bits per heavy atom. The minimum absolute atomic E-state index is 0.0211. The van der Waals surface area contributed by atoms with Gasteiger partial charge in [0.1, 0.15) is 0 Å². The molecule has 2 aromatic rings. The topological polar surface area (TPSA) is 87.1 Å². The van der Waals surface area contributed by atoms with E-state index in [0.29, 0.717) is 32.7 Å². The fourth-order valence-corrected chi connectivity index (χ4v) is 4.80. The predicted octanol–water partition coefficient (Wildman–Crippen LogP) is 1.68. The number of aromatic nitrogens is 1. The zero-order chi connectivity index (χ0) is 21.6. The van der Waals surface area contributed by atoms with E-state index in [2.05, 4.69) is 26.3 Å². The second-order valence-corrected chi connectivity index (χ2v) is 9.60. The number of benzene rings is 1. The number of rotatable bonds is 7. The Morgan fingerprint density at radius 1 is 1.20 bits per heavy atom. The van der Waals surface area contributed by atoms with Crippen LogP contribution >= 0.6 is 0 Å². The zero-order valence-corrected chi connectivity index (χ0v) is 18.7. The third-order valence-corrected chi connectivity index (χ3v) is 6.95. The monoisotopic (exact) mass is 433 g/mol. The molecule has 1 aromatic carbocycles. The van der Waals surface area contributed by atoms with Gasteiger partial charge in [-0.3, -0.25) is 9.98 Å². The third kappa shape index (κ3) is 5.68. The van der Waals surface area contributed by atoms with Crippen molar-refractivity contribution in [1.82, 2.24) is 19.5 Å². The van der Waals surface area contributed by atoms with Gasteiger partial charge in [0.15, 0.2) is 5.96 Å². The number of sulfonamides is 1. The van der Waals surface area contributed by atoms with Gasteiger partial charge in [0.05, 0.1) is 24.0 Å². The van der Waals surface area contributed by atoms with E-state index in [1.165, 1.54) is 0 Å². The molecule has 1 aromatic heterocycles. The Hall–Kier alpha value is -2.23. The van der Waals surface area contributed by atoms with E-state index in [1.54, 1.807) is 11.4 Å². The number of pyridine rings is 1. The summed E-state index contributed by atoms with van der Waals surface area (Å²) in [6, 6.07) is 10.1. The highest BCUT2D eigenvalue weighted by Crippen LogP contribution is 2.16. The van der Waals surface area contributed by atoms with Crippen molar-refractivity contribution in [3.05, 3.63) is 42.1 Å². The summed E-state index contributed by atoms with van der Waals surface area (Å²) in [7, 11) is -1.55. The Labute approximate surface area is 179 Å². The Morgan fingerprint density at radius 3 is 2.63 bits per heavy atom. The summed E-state index contributed by atoms with van der Waals surface area (Å²) in [6.45, 7) is 6.75. The molecule has 0 atom stereocenters. The van der Waals surface area contributed by atoms with Crippen LogP contribution in [0.25, 0.3) is 10.9 Å². The standard InChI is InChI=1S/C21H31N5O3S/c1-17(2)29-14-15-30(27,28)26-12-10-25(11-13-26)21(22-3)24-16-18-8-9-23-20-7-5-4-6-19(18)20/h4-9,17H,10-16H2,1-3H3,(H,22,24). The maximum absolute atomic E-state index is 12.5. The molecule has 1 aliphatic heterocycles. The first-order chi connectivity index (χ1) is 14.4. The smallest absolute Gasteiger partial charge is 0.216 e. The molecule has 1 aliphatic rings. The molecule has 164 valence electrons. The van der Waals surface area contributed by atoms with E-state index in [-0.39, 0.29) is 18.5 Å². The van der Waals surface area contributed by atoms with Crippen LogP contribution in [0.3, 0.4) is 0 Å². The van der Waals surface area contributed by atoms with Crippen LogP contribution in [-0.4, -0.2) is 80.3 Å². The van der Waals surface area contributed by atoms with Crippen LogP contribution in [0.1, 0.15) is 19.4 Å². The number of hydrogen-bond acceptors (Lipinski definition) is 5. The van der Waals surface area contributed by atoms with Gasteiger partial charge in [-0.15, -0.1) is 0 Å². The summed E-state index contributed by atoms with van der Waals surface area (Å²) in [5.41, 5.74) is 2.11. The van der Waals surface area contributed by atoms with Crippen LogP contribution in [-0.2, 0) is 21.3 Å². The highest BCUT2D eigenvalue weighted by molar-refractivity contribution is 7.89. The minimum Gasteiger partial charge on any atom is -0.378 e. The minimum atomic E-state index is -3.30. The summed E-state index contributed by atoms with van der Waals surface area (Å²) in [4.78, 5) is 10.9. The average Bonchev–Trinajstić information content (AvgIpc) is 2.74. The molecular weight excluding hydrogens is 402 g/mol. The summed E-state index contributed by atoms with van der Waals surface area (Å²) < 4.78 is 32.0. The van der Waals surface area contributed by atoms with Crippen molar-refractivity contribution < 1.29 is 13.2 Å². The second-order valence-electron chi connectivity index (χ2n) is 7.51. The maximum Gasteiger partial charge on any atom is 0.216 e. The highest BCUT2D eigenvalue weighted by atomic mass is 32.2. The van der Waals surface area contributed by atoms with Gasteiger partial charge in [0.25, 0.3) is 0 Å². The van der Waals surface area contributed by atoms with Crippen LogP contribution in [0, 0.1) is 0 Å². The van der Waals surface area contributed by atoms with Crippen molar-refractivity contribution in [2.24, 2.45) is 4.99 Å². The number of hydrogen-bond donors (Lipinski definition) is 1. The Kier molecular flexibility index (Phi) is 7.63. The molecule has 2 heterocycles. The third-order valence-electron chi connectivity index (χ3n) is 5.11. The molecule has 1 N–H and O–H groups in total. The Bertz CT molecular complexity index is 964. The largest absolute Gasteiger partial charge is 0.378 e. The van der Waals surface area contributed by atoms with Gasteiger partial charge < -0.3 is 15.0 Å². The summed E-state index contributed by atoms with van der Waals surface area (Å²) in [5.74, 6) is 0.795. The van der Waals surface area contributed by atoms with E-state index >= 15 is 0 Å². The molecule has 0 amide bonds. The number of nitrogens with one attached hydrogen (secondary N) is 1. The molecule has 3 rings (SSSR count). The van der Waals surface area contributed by atoms with E-state index < -0.39 is 10.0 Å². The molecule has 1 fully saturated rings. The van der Waals surface area contributed by atoms with Crippen molar-refractivity contribution in [2.75, 3.05) is 45.6 Å². The molecule has 8 nitrogen and oxygen atoms in total. The quantitative estimate of drug-likeness (QED) is 0.528. The summed E-state index contributed by atoms with van der Waals surface area (Å²) in [5, 5.41) is 4.52. The molecular formula is C21H31N5O3S. The summed E-state index contributed by atoms with van der Waals surface area (Å²) >= 11 is 0. The molecule has 0 unspecified atom stereocenters. The van der Waals surface area contributed by atoms with E-state index in [0.717, 1.165) is 22.4 Å². The van der Waals surface area contributed by atoms with Gasteiger partial charge in [-0.05, 0) is 31.5 Å². The van der Waals surface area contributed by atoms with Crippen molar-refractivity contribution in [1.29, 1.82) is 0 Å². The fraction of sp³-hybridized carbons (Fsp3) is 0.524. The van der Waals surface area contributed by atoms with Crippen LogP contribution < -0.4 is 5.32 Å². The van der Waals surface area contributed by atoms with Crippen molar-refractivity contribution >= 4 is 26.9 Å². The average molecular weight is 434 g/mol. The molecule has 0 saturated carbocycles. The normalized spacial score (nSPS) is 16.4. The van der Waals surface area contributed by atoms with E-state index in [4.69, 9.17) is 4.74 Å². The highest BCUT2D eigenvalue weighted by Gasteiger charge is 2.28. The summed E-state index contributed by atoms with van der Waals surface area (Å²) in [6.07, 6.45) is 1.85.